The molecule has 160 valence electrons. The SMILES string of the molecule is C[C@H]1C[C@@H](O)[C@H](CCC(O)C#Cc2cccc(Br)c2)[C@H]1CCCCCCC(=O)O. The summed E-state index contributed by atoms with van der Waals surface area (Å²) in [7, 11) is 0. The minimum atomic E-state index is -0.723. The van der Waals surface area contributed by atoms with Crippen LogP contribution in [0.4, 0.5) is 0 Å². The highest BCUT2D eigenvalue weighted by Gasteiger charge is 2.39. The molecule has 29 heavy (non-hydrogen) atoms. The molecule has 4 nitrogen and oxygen atoms in total. The largest absolute Gasteiger partial charge is 0.481 e. The molecule has 1 aromatic carbocycles. The monoisotopic (exact) mass is 464 g/mol. The van der Waals surface area contributed by atoms with Crippen LogP contribution in [0.1, 0.15) is 70.3 Å². The van der Waals surface area contributed by atoms with Gasteiger partial charge in [0.15, 0.2) is 0 Å². The number of aliphatic carboxylic acids is 1. The molecule has 1 fully saturated rings. The lowest BCUT2D eigenvalue weighted by atomic mass is 9.82. The second-order valence-electron chi connectivity index (χ2n) is 8.33. The van der Waals surface area contributed by atoms with Crippen LogP contribution in [0.2, 0.25) is 0 Å². The fourth-order valence-electron chi connectivity index (χ4n) is 4.51. The number of hydrogen-bond donors (Lipinski definition) is 3. The lowest BCUT2D eigenvalue weighted by Gasteiger charge is -2.24. The molecule has 5 heteroatoms. The van der Waals surface area contributed by atoms with Crippen LogP contribution in [0.5, 0.6) is 0 Å². The van der Waals surface area contributed by atoms with E-state index in [-0.39, 0.29) is 18.4 Å². The van der Waals surface area contributed by atoms with Crippen LogP contribution in [0.15, 0.2) is 28.7 Å². The maximum Gasteiger partial charge on any atom is 0.303 e. The van der Waals surface area contributed by atoms with Gasteiger partial charge in [0.2, 0.25) is 0 Å². The zero-order valence-electron chi connectivity index (χ0n) is 17.2. The Hall–Kier alpha value is -1.35. The Kier molecular flexibility index (Phi) is 10.2. The number of aliphatic hydroxyl groups excluding tert-OH is 2. The van der Waals surface area contributed by atoms with Crippen LogP contribution < -0.4 is 0 Å². The summed E-state index contributed by atoms with van der Waals surface area (Å²) >= 11 is 3.42. The highest BCUT2D eigenvalue weighted by Crippen LogP contribution is 2.42. The first kappa shape index (κ1) is 23.9. The van der Waals surface area contributed by atoms with Crippen molar-refractivity contribution < 1.29 is 20.1 Å². The Morgan fingerprint density at radius 3 is 2.69 bits per heavy atom. The van der Waals surface area contributed by atoms with E-state index in [4.69, 9.17) is 5.11 Å². The molecular formula is C24H33BrO4. The average molecular weight is 465 g/mol. The van der Waals surface area contributed by atoms with Gasteiger partial charge in [0.1, 0.15) is 6.10 Å². The van der Waals surface area contributed by atoms with Gasteiger partial charge in [0, 0.05) is 16.5 Å². The van der Waals surface area contributed by atoms with Crippen LogP contribution in [-0.2, 0) is 4.79 Å². The molecule has 1 aromatic rings. The van der Waals surface area contributed by atoms with Gasteiger partial charge in [-0.2, -0.15) is 0 Å². The molecule has 2 rings (SSSR count). The molecule has 1 saturated carbocycles. The Morgan fingerprint density at radius 2 is 1.97 bits per heavy atom. The molecule has 0 saturated heterocycles. The van der Waals surface area contributed by atoms with Gasteiger partial charge in [0.05, 0.1) is 6.10 Å². The molecule has 0 aromatic heterocycles. The van der Waals surface area contributed by atoms with Crippen molar-refractivity contribution in [1.82, 2.24) is 0 Å². The third kappa shape index (κ3) is 8.50. The van der Waals surface area contributed by atoms with Crippen LogP contribution >= 0.6 is 15.9 Å². The number of rotatable bonds is 10. The summed E-state index contributed by atoms with van der Waals surface area (Å²) in [6, 6.07) is 7.70. The molecule has 1 aliphatic rings. The van der Waals surface area contributed by atoms with Crippen LogP contribution in [0.3, 0.4) is 0 Å². The summed E-state index contributed by atoms with van der Waals surface area (Å²) in [5.41, 5.74) is 0.869. The smallest absolute Gasteiger partial charge is 0.303 e. The predicted molar refractivity (Wildman–Crippen MR) is 118 cm³/mol. The summed E-state index contributed by atoms with van der Waals surface area (Å²) < 4.78 is 0.965. The summed E-state index contributed by atoms with van der Waals surface area (Å²) in [6.45, 7) is 2.21. The number of halogens is 1. The fourth-order valence-corrected chi connectivity index (χ4v) is 4.91. The van der Waals surface area contributed by atoms with E-state index in [9.17, 15) is 15.0 Å². The highest BCUT2D eigenvalue weighted by atomic mass is 79.9. The molecule has 0 heterocycles. The fraction of sp³-hybridized carbons (Fsp3) is 0.625. The molecule has 0 bridgehead atoms. The highest BCUT2D eigenvalue weighted by molar-refractivity contribution is 9.10. The van der Waals surface area contributed by atoms with E-state index in [0.717, 1.165) is 55.0 Å². The molecule has 3 N–H and O–H groups in total. The molecule has 0 radical (unpaired) electrons. The normalized spacial score (nSPS) is 24.7. The van der Waals surface area contributed by atoms with E-state index in [1.807, 2.05) is 24.3 Å². The molecule has 5 atom stereocenters. The number of carboxylic acids is 1. The quantitative estimate of drug-likeness (QED) is 0.336. The van der Waals surface area contributed by atoms with E-state index in [0.29, 0.717) is 18.3 Å². The standard InChI is InChI=1S/C24H33BrO4/c1-17-15-23(27)22(21(17)9-4-2-3-5-10-24(28)29)14-13-20(26)12-11-18-7-6-8-19(25)16-18/h6-8,16-17,20-23,26-27H,2-5,9-10,13-15H2,1H3,(H,28,29)/t17-,20?,21-,22+,23+/m0/s1. The third-order valence-corrected chi connectivity index (χ3v) is 6.54. The number of unbranched alkanes of at least 4 members (excludes halogenated alkanes) is 3. The summed E-state index contributed by atoms with van der Waals surface area (Å²) in [6.07, 6.45) is 6.32. The number of benzene rings is 1. The summed E-state index contributed by atoms with van der Waals surface area (Å²) in [5, 5.41) is 29.5. The second-order valence-corrected chi connectivity index (χ2v) is 9.24. The van der Waals surface area contributed by atoms with Crippen molar-refractivity contribution in [3.05, 3.63) is 34.3 Å². The van der Waals surface area contributed by atoms with Gasteiger partial charge in [-0.05, 0) is 68.1 Å². The first-order valence-corrected chi connectivity index (χ1v) is 11.5. The van der Waals surface area contributed by atoms with Crippen LogP contribution in [0.25, 0.3) is 0 Å². The van der Waals surface area contributed by atoms with Gasteiger partial charge in [-0.1, -0.05) is 60.0 Å². The first-order valence-electron chi connectivity index (χ1n) is 10.7. The van der Waals surface area contributed by atoms with E-state index in [2.05, 4.69) is 34.7 Å². The molecule has 0 amide bonds. The Morgan fingerprint density at radius 1 is 1.21 bits per heavy atom. The Bertz CT molecular complexity index is 708. The van der Waals surface area contributed by atoms with Crippen molar-refractivity contribution in [1.29, 1.82) is 0 Å². The van der Waals surface area contributed by atoms with Crippen molar-refractivity contribution in [3.63, 3.8) is 0 Å². The first-order chi connectivity index (χ1) is 13.9. The molecule has 0 spiro atoms. The maximum atomic E-state index is 10.6. The predicted octanol–water partition coefficient (Wildman–Crippen LogP) is 5.00. The van der Waals surface area contributed by atoms with Crippen LogP contribution in [0, 0.1) is 29.6 Å². The van der Waals surface area contributed by atoms with E-state index in [1.54, 1.807) is 0 Å². The van der Waals surface area contributed by atoms with E-state index in [1.165, 1.54) is 0 Å². The van der Waals surface area contributed by atoms with Gasteiger partial charge in [-0.15, -0.1) is 0 Å². The van der Waals surface area contributed by atoms with Gasteiger partial charge in [-0.3, -0.25) is 4.79 Å². The van der Waals surface area contributed by atoms with E-state index < -0.39 is 12.1 Å². The Balaban J connectivity index is 1.78. The van der Waals surface area contributed by atoms with Gasteiger partial charge in [0.25, 0.3) is 0 Å². The second kappa shape index (κ2) is 12.4. The van der Waals surface area contributed by atoms with Crippen molar-refractivity contribution in [2.75, 3.05) is 0 Å². The number of carbonyl (C=O) groups is 1. The minimum Gasteiger partial charge on any atom is -0.481 e. The Labute approximate surface area is 182 Å². The van der Waals surface area contributed by atoms with E-state index >= 15 is 0 Å². The van der Waals surface area contributed by atoms with Crippen molar-refractivity contribution in [3.8, 4) is 11.8 Å². The molecular weight excluding hydrogens is 432 g/mol. The molecule has 1 unspecified atom stereocenters. The van der Waals surface area contributed by atoms with Crippen LogP contribution in [-0.4, -0.2) is 33.5 Å². The lowest BCUT2D eigenvalue weighted by molar-refractivity contribution is -0.137. The zero-order valence-corrected chi connectivity index (χ0v) is 18.8. The average Bonchev–Trinajstić information content (AvgIpc) is 2.93. The number of hydrogen-bond acceptors (Lipinski definition) is 3. The third-order valence-electron chi connectivity index (χ3n) is 6.05. The molecule has 0 aliphatic heterocycles. The number of aliphatic hydroxyl groups is 2. The molecule has 1 aliphatic carbocycles. The summed E-state index contributed by atoms with van der Waals surface area (Å²) in [4.78, 5) is 10.6. The maximum absolute atomic E-state index is 10.6. The zero-order chi connectivity index (χ0) is 21.2. The number of carboxylic acid groups (broad SMARTS) is 1. The minimum absolute atomic E-state index is 0.214. The van der Waals surface area contributed by atoms with Gasteiger partial charge < -0.3 is 15.3 Å². The van der Waals surface area contributed by atoms with Gasteiger partial charge in [-0.25, -0.2) is 0 Å². The summed E-state index contributed by atoms with van der Waals surface area (Å²) in [5.74, 6) is 6.38. The van der Waals surface area contributed by atoms with Gasteiger partial charge >= 0.3 is 5.97 Å². The van der Waals surface area contributed by atoms with Crippen molar-refractivity contribution >= 4 is 21.9 Å². The van der Waals surface area contributed by atoms with Crippen molar-refractivity contribution in [2.24, 2.45) is 17.8 Å². The van der Waals surface area contributed by atoms with Crippen molar-refractivity contribution in [2.45, 2.75) is 76.9 Å². The lowest BCUT2D eigenvalue weighted by Crippen LogP contribution is -2.22. The topological polar surface area (TPSA) is 77.8 Å².